The third-order valence-electron chi connectivity index (χ3n) is 2.85. The van der Waals surface area contributed by atoms with Crippen molar-refractivity contribution >= 4 is 23.5 Å². The molecule has 0 spiro atoms. The lowest BCUT2D eigenvalue weighted by molar-refractivity contribution is 0.0786. The first kappa shape index (κ1) is 15.4. The molecule has 0 saturated carbocycles. The van der Waals surface area contributed by atoms with Gasteiger partial charge in [0.05, 0.1) is 0 Å². The highest BCUT2D eigenvalue weighted by Crippen LogP contribution is 2.16. The standard InChI is InChI=1S/C13H19N3O2S/c1-9(12(14)15-18)8-16(2)13(17)10-4-6-11(19-3)7-5-10/h4-7,9,18H,8H2,1-3H3,(H2,14,15). The van der Waals surface area contributed by atoms with E-state index in [1.165, 1.54) is 0 Å². The molecule has 19 heavy (non-hydrogen) atoms. The third-order valence-corrected chi connectivity index (χ3v) is 3.60. The van der Waals surface area contributed by atoms with E-state index in [4.69, 9.17) is 10.9 Å². The summed E-state index contributed by atoms with van der Waals surface area (Å²) in [6, 6.07) is 7.44. The maximum atomic E-state index is 12.2. The monoisotopic (exact) mass is 281 g/mol. The number of thioether (sulfide) groups is 1. The average Bonchev–Trinajstić information content (AvgIpc) is 2.45. The molecule has 0 aliphatic heterocycles. The van der Waals surface area contributed by atoms with Crippen molar-refractivity contribution in [2.24, 2.45) is 16.8 Å². The van der Waals surface area contributed by atoms with Crippen LogP contribution in [0.4, 0.5) is 0 Å². The molecule has 1 aromatic rings. The molecule has 1 atom stereocenters. The Labute approximate surface area is 117 Å². The number of amides is 1. The molecule has 1 unspecified atom stereocenters. The minimum atomic E-state index is -0.190. The molecule has 6 heteroatoms. The van der Waals surface area contributed by atoms with Crippen LogP contribution in [0.3, 0.4) is 0 Å². The first-order valence-corrected chi connectivity index (χ1v) is 7.09. The maximum absolute atomic E-state index is 12.2. The number of nitrogens with zero attached hydrogens (tertiary/aromatic N) is 2. The van der Waals surface area contributed by atoms with E-state index >= 15 is 0 Å². The van der Waals surface area contributed by atoms with Gasteiger partial charge in [0.1, 0.15) is 5.84 Å². The molecule has 0 aliphatic carbocycles. The zero-order valence-electron chi connectivity index (χ0n) is 11.3. The van der Waals surface area contributed by atoms with Crippen LogP contribution in [0.1, 0.15) is 17.3 Å². The van der Waals surface area contributed by atoms with Gasteiger partial charge in [0.15, 0.2) is 0 Å². The molecule has 5 nitrogen and oxygen atoms in total. The van der Waals surface area contributed by atoms with Crippen molar-refractivity contribution in [1.82, 2.24) is 4.90 Å². The summed E-state index contributed by atoms with van der Waals surface area (Å²) in [6.45, 7) is 2.20. The Morgan fingerprint density at radius 3 is 2.53 bits per heavy atom. The van der Waals surface area contributed by atoms with Gasteiger partial charge in [0.25, 0.3) is 5.91 Å². The number of hydrogen-bond acceptors (Lipinski definition) is 4. The van der Waals surface area contributed by atoms with Gasteiger partial charge < -0.3 is 15.8 Å². The molecule has 1 amide bonds. The average molecular weight is 281 g/mol. The first-order chi connectivity index (χ1) is 8.99. The number of oxime groups is 1. The van der Waals surface area contributed by atoms with E-state index in [1.54, 1.807) is 42.8 Å². The molecule has 0 radical (unpaired) electrons. The summed E-state index contributed by atoms with van der Waals surface area (Å²) in [5.74, 6) is -0.146. The molecular weight excluding hydrogens is 262 g/mol. The van der Waals surface area contributed by atoms with Gasteiger partial charge in [0.2, 0.25) is 0 Å². The van der Waals surface area contributed by atoms with Crippen molar-refractivity contribution in [2.45, 2.75) is 11.8 Å². The minimum absolute atomic E-state index is 0.0785. The number of rotatable bonds is 5. The van der Waals surface area contributed by atoms with E-state index in [-0.39, 0.29) is 17.7 Å². The number of carbonyl (C=O) groups is 1. The SMILES string of the molecule is CSc1ccc(C(=O)N(C)CC(C)C(N)=NO)cc1. The molecular formula is C13H19N3O2S. The van der Waals surface area contributed by atoms with E-state index in [0.29, 0.717) is 12.1 Å². The van der Waals surface area contributed by atoms with Crippen molar-refractivity contribution in [3.05, 3.63) is 29.8 Å². The molecule has 0 aromatic heterocycles. The number of carbonyl (C=O) groups excluding carboxylic acids is 1. The van der Waals surface area contributed by atoms with Crippen LogP contribution in [-0.2, 0) is 0 Å². The van der Waals surface area contributed by atoms with E-state index in [2.05, 4.69) is 5.16 Å². The smallest absolute Gasteiger partial charge is 0.253 e. The lowest BCUT2D eigenvalue weighted by atomic mass is 10.1. The van der Waals surface area contributed by atoms with Gasteiger partial charge in [-0.1, -0.05) is 12.1 Å². The first-order valence-electron chi connectivity index (χ1n) is 5.86. The highest BCUT2D eigenvalue weighted by molar-refractivity contribution is 7.98. The molecule has 0 heterocycles. The van der Waals surface area contributed by atoms with Crippen molar-refractivity contribution in [2.75, 3.05) is 19.8 Å². The topological polar surface area (TPSA) is 78.9 Å². The molecule has 0 bridgehead atoms. The number of benzene rings is 1. The number of amidine groups is 1. The zero-order chi connectivity index (χ0) is 14.4. The van der Waals surface area contributed by atoms with Gasteiger partial charge in [-0.25, -0.2) is 0 Å². The minimum Gasteiger partial charge on any atom is -0.409 e. The summed E-state index contributed by atoms with van der Waals surface area (Å²) in [6.07, 6.45) is 1.99. The Morgan fingerprint density at radius 2 is 2.05 bits per heavy atom. The summed E-state index contributed by atoms with van der Waals surface area (Å²) in [4.78, 5) is 14.8. The van der Waals surface area contributed by atoms with Crippen LogP contribution in [0.5, 0.6) is 0 Å². The van der Waals surface area contributed by atoms with Crippen LogP contribution in [0.25, 0.3) is 0 Å². The Morgan fingerprint density at radius 1 is 1.47 bits per heavy atom. The van der Waals surface area contributed by atoms with Gasteiger partial charge >= 0.3 is 0 Å². The molecule has 0 saturated heterocycles. The summed E-state index contributed by atoms with van der Waals surface area (Å²) in [5.41, 5.74) is 6.13. The zero-order valence-corrected chi connectivity index (χ0v) is 12.1. The highest BCUT2D eigenvalue weighted by Gasteiger charge is 2.16. The fraction of sp³-hybridized carbons (Fsp3) is 0.385. The number of hydrogen-bond donors (Lipinski definition) is 2. The van der Waals surface area contributed by atoms with Gasteiger partial charge in [-0.05, 0) is 30.5 Å². The second-order valence-corrected chi connectivity index (χ2v) is 5.22. The Balaban J connectivity index is 2.70. The van der Waals surface area contributed by atoms with Crippen molar-refractivity contribution in [3.8, 4) is 0 Å². The van der Waals surface area contributed by atoms with Crippen LogP contribution >= 0.6 is 11.8 Å². The Kier molecular flexibility index (Phi) is 5.69. The lowest BCUT2D eigenvalue weighted by Gasteiger charge is -2.21. The summed E-state index contributed by atoms with van der Waals surface area (Å²) in [5, 5.41) is 11.5. The van der Waals surface area contributed by atoms with Crippen LogP contribution in [-0.4, -0.2) is 41.7 Å². The van der Waals surface area contributed by atoms with Crippen molar-refractivity contribution in [3.63, 3.8) is 0 Å². The fourth-order valence-electron chi connectivity index (χ4n) is 1.64. The molecule has 104 valence electrons. The highest BCUT2D eigenvalue weighted by atomic mass is 32.2. The molecule has 0 aliphatic rings. The predicted octanol–water partition coefficient (Wildman–Crippen LogP) is 1.86. The van der Waals surface area contributed by atoms with Gasteiger partial charge in [0, 0.05) is 30.0 Å². The Bertz CT molecular complexity index is 459. The second-order valence-electron chi connectivity index (χ2n) is 4.34. The quantitative estimate of drug-likeness (QED) is 0.284. The molecule has 0 fully saturated rings. The van der Waals surface area contributed by atoms with E-state index in [1.807, 2.05) is 18.4 Å². The molecule has 1 aromatic carbocycles. The van der Waals surface area contributed by atoms with Crippen molar-refractivity contribution in [1.29, 1.82) is 0 Å². The van der Waals surface area contributed by atoms with E-state index in [9.17, 15) is 4.79 Å². The van der Waals surface area contributed by atoms with Crippen LogP contribution in [0.2, 0.25) is 0 Å². The maximum Gasteiger partial charge on any atom is 0.253 e. The second kappa shape index (κ2) is 7.04. The summed E-state index contributed by atoms with van der Waals surface area (Å²) < 4.78 is 0. The largest absolute Gasteiger partial charge is 0.409 e. The van der Waals surface area contributed by atoms with Crippen LogP contribution in [0, 0.1) is 5.92 Å². The molecule has 1 rings (SSSR count). The third kappa shape index (κ3) is 4.17. The van der Waals surface area contributed by atoms with Gasteiger partial charge in [-0.3, -0.25) is 4.79 Å². The lowest BCUT2D eigenvalue weighted by Crippen LogP contribution is -2.36. The van der Waals surface area contributed by atoms with Crippen molar-refractivity contribution < 1.29 is 10.0 Å². The van der Waals surface area contributed by atoms with E-state index in [0.717, 1.165) is 4.90 Å². The number of nitrogens with two attached hydrogens (primary N) is 1. The van der Waals surface area contributed by atoms with Gasteiger partial charge in [-0.2, -0.15) is 0 Å². The van der Waals surface area contributed by atoms with Crippen LogP contribution in [0.15, 0.2) is 34.3 Å². The predicted molar refractivity (Wildman–Crippen MR) is 77.8 cm³/mol. The normalized spacial score (nSPS) is 13.1. The van der Waals surface area contributed by atoms with E-state index < -0.39 is 0 Å². The fourth-order valence-corrected chi connectivity index (χ4v) is 2.05. The van der Waals surface area contributed by atoms with Crippen LogP contribution < -0.4 is 5.73 Å². The summed E-state index contributed by atoms with van der Waals surface area (Å²) in [7, 11) is 1.70. The Hall–Kier alpha value is -1.69. The summed E-state index contributed by atoms with van der Waals surface area (Å²) >= 11 is 1.63. The van der Waals surface area contributed by atoms with Gasteiger partial charge in [-0.15, -0.1) is 11.8 Å². The molecule has 3 N–H and O–H groups in total.